The zero-order valence-electron chi connectivity index (χ0n) is 29.7. The number of benzene rings is 4. The Morgan fingerprint density at radius 2 is 1.09 bits per heavy atom. The summed E-state index contributed by atoms with van der Waals surface area (Å²) in [6.45, 7) is -0.141. The van der Waals surface area contributed by atoms with E-state index in [0.717, 1.165) is 75.5 Å². The molecule has 4 aromatic carbocycles. The minimum Gasteiger partial charge on any atom is -0.459 e. The van der Waals surface area contributed by atoms with Gasteiger partial charge in [0.2, 0.25) is 5.91 Å². The number of amides is 2. The highest BCUT2D eigenvalue weighted by atomic mass is 19.4. The Kier molecular flexibility index (Phi) is 13.1. The van der Waals surface area contributed by atoms with Crippen LogP contribution >= 0.6 is 0 Å². The van der Waals surface area contributed by atoms with Crippen LogP contribution in [0.1, 0.15) is 60.4 Å². The predicted octanol–water partition coefficient (Wildman–Crippen LogP) is 8.46. The van der Waals surface area contributed by atoms with Crippen molar-refractivity contribution in [2.75, 3.05) is 13.1 Å². The molecular weight excluding hydrogens is 734 g/mol. The van der Waals surface area contributed by atoms with E-state index in [1.54, 1.807) is 6.07 Å². The van der Waals surface area contributed by atoms with Crippen molar-refractivity contribution in [2.45, 2.75) is 76.9 Å². The molecule has 55 heavy (non-hydrogen) atoms. The molecule has 2 atom stereocenters. The Labute approximate surface area is 312 Å². The van der Waals surface area contributed by atoms with Gasteiger partial charge < -0.3 is 24.0 Å². The number of esters is 2. The van der Waals surface area contributed by atoms with E-state index in [0.29, 0.717) is 18.4 Å². The van der Waals surface area contributed by atoms with E-state index in [2.05, 4.69) is 0 Å². The van der Waals surface area contributed by atoms with E-state index in [1.807, 2.05) is 43.3 Å². The number of carbonyl (C=O) groups excluding carboxylic acids is 4. The number of halogens is 6. The van der Waals surface area contributed by atoms with Crippen molar-refractivity contribution >= 4 is 34.7 Å². The molecule has 1 saturated heterocycles. The average Bonchev–Trinajstić information content (AvgIpc) is 3.17. The number of hydrogen-bond acceptors (Lipinski definition) is 7. The van der Waals surface area contributed by atoms with Gasteiger partial charge in [-0.1, -0.05) is 80.4 Å². The summed E-state index contributed by atoms with van der Waals surface area (Å²) in [5.74, 6) is -2.71. The van der Waals surface area contributed by atoms with Crippen LogP contribution in [0.3, 0.4) is 0 Å². The second-order valence-electron chi connectivity index (χ2n) is 13.0. The summed E-state index contributed by atoms with van der Waals surface area (Å²) in [5, 5.41) is 1.87. The van der Waals surface area contributed by atoms with Gasteiger partial charge >= 0.3 is 30.4 Å². The van der Waals surface area contributed by atoms with Crippen LogP contribution in [0.4, 0.5) is 31.1 Å². The second-order valence-corrected chi connectivity index (χ2v) is 13.0. The van der Waals surface area contributed by atoms with Gasteiger partial charge in [-0.3, -0.25) is 4.79 Å². The molecule has 15 heteroatoms. The number of alkyl halides is 6. The molecule has 2 amide bonds. The van der Waals surface area contributed by atoms with Crippen LogP contribution in [0, 0.1) is 0 Å². The van der Waals surface area contributed by atoms with E-state index in [1.165, 1.54) is 0 Å². The zero-order valence-corrected chi connectivity index (χ0v) is 29.7. The molecule has 0 saturated carbocycles. The maximum absolute atomic E-state index is 13.8. The molecule has 0 bridgehead atoms. The summed E-state index contributed by atoms with van der Waals surface area (Å²) < 4.78 is 95.0. The fraction of sp³-hybridized carbons (Fsp3) is 0.350. The lowest BCUT2D eigenvalue weighted by Crippen LogP contribution is -2.66. The van der Waals surface area contributed by atoms with Crippen molar-refractivity contribution in [3.05, 3.63) is 119 Å². The summed E-state index contributed by atoms with van der Waals surface area (Å²) in [7, 11) is 0. The van der Waals surface area contributed by atoms with Crippen molar-refractivity contribution in [3.63, 3.8) is 0 Å². The van der Waals surface area contributed by atoms with Gasteiger partial charge in [-0.25, -0.2) is 14.4 Å². The molecule has 1 aliphatic rings. The average molecular weight is 773 g/mol. The summed E-state index contributed by atoms with van der Waals surface area (Å²) >= 11 is 0. The summed E-state index contributed by atoms with van der Waals surface area (Å²) in [6, 6.07) is 17.7. The number of unbranched alkanes of at least 4 members (excludes halogenated alkanes) is 2. The fourth-order valence-corrected chi connectivity index (χ4v) is 6.06. The Morgan fingerprint density at radius 3 is 1.58 bits per heavy atom. The molecule has 0 radical (unpaired) electrons. The van der Waals surface area contributed by atoms with E-state index < -0.39 is 85.8 Å². The number of hydrogen-bond donors (Lipinski definition) is 0. The Morgan fingerprint density at radius 1 is 0.618 bits per heavy atom. The highest BCUT2D eigenvalue weighted by Crippen LogP contribution is 2.31. The van der Waals surface area contributed by atoms with E-state index in [4.69, 9.17) is 14.2 Å². The maximum Gasteiger partial charge on any atom is 0.416 e. The van der Waals surface area contributed by atoms with Crippen LogP contribution < -0.4 is 0 Å². The summed E-state index contributed by atoms with van der Waals surface area (Å²) in [4.78, 5) is 56.9. The topological polar surface area (TPSA) is 102 Å². The lowest BCUT2D eigenvalue weighted by Gasteiger charge is -2.43. The van der Waals surface area contributed by atoms with Crippen LogP contribution in [0.2, 0.25) is 0 Å². The molecule has 0 spiro atoms. The van der Waals surface area contributed by atoms with Crippen LogP contribution in [0.25, 0.3) is 10.8 Å². The lowest BCUT2D eigenvalue weighted by atomic mass is 10.0. The summed E-state index contributed by atoms with van der Waals surface area (Å²) in [6.07, 6.45) is -8.36. The first-order chi connectivity index (χ1) is 26.1. The number of rotatable bonds is 12. The van der Waals surface area contributed by atoms with Crippen molar-refractivity contribution in [3.8, 4) is 0 Å². The first kappa shape index (κ1) is 40.6. The third-order valence-corrected chi connectivity index (χ3v) is 9.04. The number of fused-ring (bicyclic) bond motifs is 1. The highest BCUT2D eigenvalue weighted by molar-refractivity contribution is 5.91. The SMILES string of the molecule is CCCCCC(=O)N1C(C(=O)OCc2ccc(C(F)(F)F)cc2)CN(C(=O)OCc2ccc3ccccc3c2)CC1C(=O)OCc1ccc(C(F)(F)F)cc1. The molecule has 0 aromatic heterocycles. The molecule has 4 aromatic rings. The molecule has 1 fully saturated rings. The Balaban J connectivity index is 1.39. The first-order valence-electron chi connectivity index (χ1n) is 17.5. The van der Waals surface area contributed by atoms with Gasteiger partial charge in [0, 0.05) is 6.42 Å². The summed E-state index contributed by atoms with van der Waals surface area (Å²) in [5.41, 5.74) is -0.755. The molecule has 0 N–H and O–H groups in total. The van der Waals surface area contributed by atoms with Crippen molar-refractivity contribution in [2.24, 2.45) is 0 Å². The maximum atomic E-state index is 13.8. The van der Waals surface area contributed by atoms with Crippen LogP contribution in [-0.2, 0) is 60.8 Å². The molecule has 2 unspecified atom stereocenters. The van der Waals surface area contributed by atoms with Gasteiger partial charge in [-0.05, 0) is 64.2 Å². The quantitative estimate of drug-likeness (QED) is 0.0617. The van der Waals surface area contributed by atoms with Crippen LogP contribution in [0.15, 0.2) is 91.0 Å². The number of nitrogens with zero attached hydrogens (tertiary/aromatic N) is 2. The predicted molar refractivity (Wildman–Crippen MR) is 187 cm³/mol. The highest BCUT2D eigenvalue weighted by Gasteiger charge is 2.47. The zero-order chi connectivity index (χ0) is 39.8. The van der Waals surface area contributed by atoms with Crippen LogP contribution in [-0.4, -0.2) is 58.9 Å². The molecule has 9 nitrogen and oxygen atoms in total. The number of ether oxygens (including phenoxy) is 3. The largest absolute Gasteiger partial charge is 0.459 e. The molecule has 1 aliphatic heterocycles. The van der Waals surface area contributed by atoms with Gasteiger partial charge in [-0.15, -0.1) is 0 Å². The lowest BCUT2D eigenvalue weighted by molar-refractivity contribution is -0.171. The van der Waals surface area contributed by atoms with Gasteiger partial charge in [0.25, 0.3) is 0 Å². The molecule has 1 heterocycles. The molecule has 292 valence electrons. The molecular formula is C40H38F6N2O7. The monoisotopic (exact) mass is 772 g/mol. The third kappa shape index (κ3) is 10.8. The third-order valence-electron chi connectivity index (χ3n) is 9.04. The Hall–Kier alpha value is -5.60. The fourth-order valence-electron chi connectivity index (χ4n) is 6.06. The standard InChI is InChI=1S/C40H38F6N2O7/c1-2-3-4-9-35(49)48-33(36(50)53-23-26-11-16-31(17-12-26)39(41,42)43)21-47(38(52)55-25-28-10-15-29-7-5-6-8-30(29)20-28)22-34(48)37(51)54-24-27-13-18-32(19-14-27)40(44,45)46/h5-8,10-20,33-34H,2-4,9,21-25H2,1H3. The van der Waals surface area contributed by atoms with E-state index in [-0.39, 0.29) is 24.2 Å². The van der Waals surface area contributed by atoms with Gasteiger partial charge in [0.05, 0.1) is 24.2 Å². The van der Waals surface area contributed by atoms with Gasteiger partial charge in [0.1, 0.15) is 31.9 Å². The minimum atomic E-state index is -4.58. The van der Waals surface area contributed by atoms with Gasteiger partial charge in [-0.2, -0.15) is 26.3 Å². The number of piperazine rings is 1. The Bertz CT molecular complexity index is 1880. The normalized spacial score (nSPS) is 16.1. The molecule has 0 aliphatic carbocycles. The minimum absolute atomic E-state index is 0.0778. The number of carbonyl (C=O) groups is 4. The molecule has 5 rings (SSSR count). The van der Waals surface area contributed by atoms with Gasteiger partial charge in [0.15, 0.2) is 0 Å². The van der Waals surface area contributed by atoms with Crippen molar-refractivity contribution in [1.82, 2.24) is 9.80 Å². The first-order valence-corrected chi connectivity index (χ1v) is 17.5. The second kappa shape index (κ2) is 17.7. The van der Waals surface area contributed by atoms with Crippen molar-refractivity contribution in [1.29, 1.82) is 0 Å². The van der Waals surface area contributed by atoms with Crippen LogP contribution in [0.5, 0.6) is 0 Å². The van der Waals surface area contributed by atoms with Crippen molar-refractivity contribution < 1.29 is 59.7 Å². The van der Waals surface area contributed by atoms with E-state index in [9.17, 15) is 45.5 Å². The van der Waals surface area contributed by atoms with E-state index >= 15 is 0 Å². The smallest absolute Gasteiger partial charge is 0.416 e.